The van der Waals surface area contributed by atoms with E-state index >= 15 is 0 Å². The van der Waals surface area contributed by atoms with Gasteiger partial charge >= 0.3 is 11.9 Å². The first-order chi connectivity index (χ1) is 13.9. The Morgan fingerprint density at radius 2 is 1.83 bits per heavy atom. The summed E-state index contributed by atoms with van der Waals surface area (Å²) in [6.07, 6.45) is 0.295. The van der Waals surface area contributed by atoms with Crippen molar-refractivity contribution >= 4 is 49.6 Å². The van der Waals surface area contributed by atoms with Gasteiger partial charge in [-0.2, -0.15) is 0 Å². The van der Waals surface area contributed by atoms with E-state index in [-0.39, 0.29) is 12.4 Å². The highest BCUT2D eigenvalue weighted by Crippen LogP contribution is 2.80. The SMILES string of the molecule is CCOC(=O)[C@]12C(=O)Oc3c(Br)cc(Br)cc3[C@@H]1[C@@]2(CC)C(=O)c1ccccc1. The minimum absolute atomic E-state index is 0.106. The summed E-state index contributed by atoms with van der Waals surface area (Å²) in [7, 11) is 0. The van der Waals surface area contributed by atoms with Crippen LogP contribution in [0.5, 0.6) is 5.75 Å². The first kappa shape index (κ1) is 20.3. The number of Topliss-reactive ketones (excluding diaryl/α,β-unsaturated/α-hetero) is 1. The number of halogens is 2. The fraction of sp³-hybridized carbons (Fsp3) is 0.318. The van der Waals surface area contributed by atoms with E-state index in [0.717, 1.165) is 4.47 Å². The number of ether oxygens (including phenoxy) is 2. The molecule has 1 aliphatic carbocycles. The average molecular weight is 522 g/mol. The molecule has 7 heteroatoms. The Kier molecular flexibility index (Phi) is 4.94. The van der Waals surface area contributed by atoms with Crippen LogP contribution in [0, 0.1) is 10.8 Å². The molecule has 1 fully saturated rings. The van der Waals surface area contributed by atoms with E-state index < -0.39 is 28.7 Å². The highest BCUT2D eigenvalue weighted by Gasteiger charge is 2.90. The molecule has 0 N–H and O–H groups in total. The van der Waals surface area contributed by atoms with Crippen molar-refractivity contribution in [2.45, 2.75) is 26.2 Å². The van der Waals surface area contributed by atoms with Crippen LogP contribution in [0.1, 0.15) is 42.1 Å². The number of carbonyl (C=O) groups excluding carboxylic acids is 3. The largest absolute Gasteiger partial charge is 0.465 e. The third-order valence-electron chi connectivity index (χ3n) is 6.01. The third kappa shape index (κ3) is 2.53. The molecule has 0 spiro atoms. The van der Waals surface area contributed by atoms with Gasteiger partial charge in [-0.15, -0.1) is 0 Å². The van der Waals surface area contributed by atoms with Crippen molar-refractivity contribution in [2.24, 2.45) is 10.8 Å². The van der Waals surface area contributed by atoms with Gasteiger partial charge in [0, 0.05) is 21.5 Å². The number of esters is 2. The maximum Gasteiger partial charge on any atom is 0.330 e. The van der Waals surface area contributed by atoms with E-state index in [9.17, 15) is 14.4 Å². The second kappa shape index (κ2) is 7.06. The zero-order valence-corrected chi connectivity index (χ0v) is 19.0. The van der Waals surface area contributed by atoms with Gasteiger partial charge in [-0.3, -0.25) is 14.4 Å². The summed E-state index contributed by atoms with van der Waals surface area (Å²) in [6.45, 7) is 3.60. The highest BCUT2D eigenvalue weighted by molar-refractivity contribution is 9.11. The standard InChI is InChI=1S/C22H18Br2O5/c1-3-21(18(25)12-8-6-5-7-9-12)17-14-10-13(23)11-15(24)16(14)29-20(27)22(17,21)19(26)28-4-2/h5-11,17H,3-4H2,1-2H3/t17-,21+,22+/m1/s1. The number of rotatable bonds is 5. The summed E-state index contributed by atoms with van der Waals surface area (Å²) in [5.74, 6) is -2.00. The van der Waals surface area contributed by atoms with Crippen LogP contribution in [0.15, 0.2) is 51.4 Å². The Morgan fingerprint density at radius 1 is 1.14 bits per heavy atom. The molecule has 2 aliphatic rings. The molecule has 150 valence electrons. The highest BCUT2D eigenvalue weighted by atomic mass is 79.9. The maximum absolute atomic E-state index is 13.7. The second-order valence-electron chi connectivity index (χ2n) is 7.18. The number of carbonyl (C=O) groups is 3. The quantitative estimate of drug-likeness (QED) is 0.238. The van der Waals surface area contributed by atoms with Crippen molar-refractivity contribution in [3.05, 3.63) is 62.5 Å². The van der Waals surface area contributed by atoms with Gasteiger partial charge in [0.05, 0.1) is 16.5 Å². The molecule has 0 radical (unpaired) electrons. The van der Waals surface area contributed by atoms with Crippen molar-refractivity contribution < 1.29 is 23.9 Å². The minimum Gasteiger partial charge on any atom is -0.465 e. The molecule has 4 rings (SSSR count). The molecule has 0 amide bonds. The smallest absolute Gasteiger partial charge is 0.330 e. The molecule has 0 saturated heterocycles. The summed E-state index contributed by atoms with van der Waals surface area (Å²) in [5, 5.41) is 0. The average Bonchev–Trinajstić information content (AvgIpc) is 3.36. The van der Waals surface area contributed by atoms with E-state index in [4.69, 9.17) is 9.47 Å². The number of fused-ring (bicyclic) bond motifs is 3. The monoisotopic (exact) mass is 520 g/mol. The van der Waals surface area contributed by atoms with Crippen LogP contribution < -0.4 is 4.74 Å². The van der Waals surface area contributed by atoms with Crippen LogP contribution in [0.4, 0.5) is 0 Å². The lowest BCUT2D eigenvalue weighted by Gasteiger charge is -2.23. The Hall–Kier alpha value is -1.99. The summed E-state index contributed by atoms with van der Waals surface area (Å²) < 4.78 is 12.3. The van der Waals surface area contributed by atoms with Crippen LogP contribution in [0.2, 0.25) is 0 Å². The van der Waals surface area contributed by atoms with E-state index in [2.05, 4.69) is 31.9 Å². The molecule has 2 aromatic rings. The first-order valence-corrected chi connectivity index (χ1v) is 10.9. The van der Waals surface area contributed by atoms with Gasteiger partial charge in [0.15, 0.2) is 11.2 Å². The van der Waals surface area contributed by atoms with Crippen LogP contribution in [0.25, 0.3) is 0 Å². The van der Waals surface area contributed by atoms with Gasteiger partial charge in [-0.05, 0) is 41.4 Å². The third-order valence-corrected chi connectivity index (χ3v) is 7.05. The van der Waals surface area contributed by atoms with Crippen LogP contribution >= 0.6 is 31.9 Å². The number of hydrogen-bond donors (Lipinski definition) is 0. The lowest BCUT2D eigenvalue weighted by atomic mass is 9.83. The van der Waals surface area contributed by atoms with E-state index in [0.29, 0.717) is 27.8 Å². The van der Waals surface area contributed by atoms with Crippen molar-refractivity contribution in [2.75, 3.05) is 6.61 Å². The zero-order valence-electron chi connectivity index (χ0n) is 15.8. The molecule has 3 atom stereocenters. The van der Waals surface area contributed by atoms with Gasteiger partial charge in [0.1, 0.15) is 5.75 Å². The van der Waals surface area contributed by atoms with Crippen LogP contribution in [-0.4, -0.2) is 24.3 Å². The first-order valence-electron chi connectivity index (χ1n) is 9.34. The number of hydrogen-bond acceptors (Lipinski definition) is 5. The summed E-state index contributed by atoms with van der Waals surface area (Å²) in [6, 6.07) is 12.3. The molecule has 5 nitrogen and oxygen atoms in total. The Morgan fingerprint density at radius 3 is 2.45 bits per heavy atom. The summed E-state index contributed by atoms with van der Waals surface area (Å²) in [4.78, 5) is 40.2. The Balaban J connectivity index is 1.98. The number of ketones is 1. The van der Waals surface area contributed by atoms with Crippen LogP contribution in [-0.2, 0) is 14.3 Å². The normalized spacial score (nSPS) is 26.8. The lowest BCUT2D eigenvalue weighted by molar-refractivity contribution is -0.162. The summed E-state index contributed by atoms with van der Waals surface area (Å²) >= 11 is 6.88. The van der Waals surface area contributed by atoms with Crippen molar-refractivity contribution in [1.82, 2.24) is 0 Å². The van der Waals surface area contributed by atoms with Gasteiger partial charge in [-0.25, -0.2) is 0 Å². The lowest BCUT2D eigenvalue weighted by Crippen LogP contribution is -2.40. The van der Waals surface area contributed by atoms with Crippen molar-refractivity contribution in [1.29, 1.82) is 0 Å². The minimum atomic E-state index is -1.68. The Labute approximate surface area is 185 Å². The molecule has 1 saturated carbocycles. The topological polar surface area (TPSA) is 69.7 Å². The number of benzene rings is 2. The van der Waals surface area contributed by atoms with E-state index in [1.165, 1.54) is 0 Å². The Bertz CT molecular complexity index is 1030. The maximum atomic E-state index is 13.7. The fourth-order valence-electron chi connectivity index (χ4n) is 4.84. The molecular weight excluding hydrogens is 504 g/mol. The zero-order chi connectivity index (χ0) is 21.0. The van der Waals surface area contributed by atoms with E-state index in [1.807, 2.05) is 13.0 Å². The summed E-state index contributed by atoms with van der Waals surface area (Å²) in [5.41, 5.74) is -1.85. The van der Waals surface area contributed by atoms with Gasteiger partial charge in [0.2, 0.25) is 0 Å². The fourth-order valence-corrected chi connectivity index (χ4v) is 6.18. The van der Waals surface area contributed by atoms with E-state index in [1.54, 1.807) is 43.3 Å². The molecule has 0 bridgehead atoms. The molecule has 29 heavy (non-hydrogen) atoms. The van der Waals surface area contributed by atoms with Gasteiger partial charge in [0.25, 0.3) is 0 Å². The van der Waals surface area contributed by atoms with Gasteiger partial charge in [-0.1, -0.05) is 53.2 Å². The predicted molar refractivity (Wildman–Crippen MR) is 113 cm³/mol. The molecule has 0 unspecified atom stereocenters. The van der Waals surface area contributed by atoms with Crippen molar-refractivity contribution in [3.63, 3.8) is 0 Å². The second-order valence-corrected chi connectivity index (χ2v) is 8.95. The molecule has 1 aliphatic heterocycles. The predicted octanol–water partition coefficient (Wildman–Crippen LogP) is 5.06. The van der Waals surface area contributed by atoms with Crippen LogP contribution in [0.3, 0.4) is 0 Å². The molecule has 1 heterocycles. The molecule has 0 aromatic heterocycles. The van der Waals surface area contributed by atoms with Gasteiger partial charge < -0.3 is 9.47 Å². The van der Waals surface area contributed by atoms with Crippen molar-refractivity contribution in [3.8, 4) is 5.75 Å². The molecule has 2 aromatic carbocycles. The molecular formula is C22H18Br2O5.